The molecular formula is C12H19N3. The van der Waals surface area contributed by atoms with Crippen LogP contribution in [0.15, 0.2) is 30.3 Å². The molecule has 1 aromatic carbocycles. The van der Waals surface area contributed by atoms with Gasteiger partial charge in [0.2, 0.25) is 0 Å². The molecule has 3 heteroatoms. The molecule has 3 N–H and O–H groups in total. The van der Waals surface area contributed by atoms with Crippen LogP contribution in [0.25, 0.3) is 0 Å². The van der Waals surface area contributed by atoms with Crippen LogP contribution in [0.2, 0.25) is 0 Å². The fraction of sp³-hybridized carbons (Fsp3) is 0.417. The minimum absolute atomic E-state index is 0.216. The Kier molecular flexibility index (Phi) is 4.31. The second-order valence-corrected chi connectivity index (χ2v) is 3.73. The van der Waals surface area contributed by atoms with Crippen LogP contribution in [0, 0.1) is 5.41 Å². The van der Waals surface area contributed by atoms with E-state index in [9.17, 15) is 0 Å². The fourth-order valence-corrected chi connectivity index (χ4v) is 1.63. The number of benzene rings is 1. The SMILES string of the molecule is CCN(C)C(CC(=N)N)c1ccccc1. The van der Waals surface area contributed by atoms with E-state index < -0.39 is 0 Å². The van der Waals surface area contributed by atoms with Gasteiger partial charge in [-0.1, -0.05) is 37.3 Å². The maximum atomic E-state index is 7.39. The number of amidine groups is 1. The predicted molar refractivity (Wildman–Crippen MR) is 64.0 cm³/mol. The lowest BCUT2D eigenvalue weighted by Crippen LogP contribution is -2.28. The van der Waals surface area contributed by atoms with Gasteiger partial charge in [-0.25, -0.2) is 0 Å². The smallest absolute Gasteiger partial charge is 0.0924 e. The average molecular weight is 205 g/mol. The number of nitrogens with two attached hydrogens (primary N) is 1. The Labute approximate surface area is 91.4 Å². The van der Waals surface area contributed by atoms with Gasteiger partial charge in [0, 0.05) is 12.5 Å². The summed E-state index contributed by atoms with van der Waals surface area (Å²) in [7, 11) is 2.06. The van der Waals surface area contributed by atoms with Crippen molar-refractivity contribution in [1.29, 1.82) is 5.41 Å². The highest BCUT2D eigenvalue weighted by molar-refractivity contribution is 5.77. The number of rotatable bonds is 5. The first-order chi connectivity index (χ1) is 7.15. The van der Waals surface area contributed by atoms with Crippen LogP contribution in [-0.4, -0.2) is 24.3 Å². The molecule has 3 nitrogen and oxygen atoms in total. The molecule has 0 bridgehead atoms. The van der Waals surface area contributed by atoms with Crippen molar-refractivity contribution >= 4 is 5.84 Å². The summed E-state index contributed by atoms with van der Waals surface area (Å²) >= 11 is 0. The van der Waals surface area contributed by atoms with Crippen molar-refractivity contribution in [3.8, 4) is 0 Å². The van der Waals surface area contributed by atoms with Crippen molar-refractivity contribution in [2.75, 3.05) is 13.6 Å². The zero-order valence-electron chi connectivity index (χ0n) is 9.40. The van der Waals surface area contributed by atoms with E-state index in [1.54, 1.807) is 0 Å². The molecule has 0 spiro atoms. The van der Waals surface area contributed by atoms with Crippen LogP contribution >= 0.6 is 0 Å². The second-order valence-electron chi connectivity index (χ2n) is 3.73. The first-order valence-corrected chi connectivity index (χ1v) is 5.23. The molecule has 0 amide bonds. The average Bonchev–Trinajstić information content (AvgIpc) is 2.26. The quantitative estimate of drug-likeness (QED) is 0.570. The summed E-state index contributed by atoms with van der Waals surface area (Å²) in [6, 6.07) is 10.4. The Morgan fingerprint density at radius 1 is 1.40 bits per heavy atom. The van der Waals surface area contributed by atoms with Gasteiger partial charge in [-0.15, -0.1) is 0 Å². The molecule has 0 fully saturated rings. The van der Waals surface area contributed by atoms with Crippen molar-refractivity contribution < 1.29 is 0 Å². The predicted octanol–water partition coefficient (Wildman–Crippen LogP) is 2.01. The van der Waals surface area contributed by atoms with E-state index in [0.29, 0.717) is 6.42 Å². The van der Waals surface area contributed by atoms with E-state index >= 15 is 0 Å². The van der Waals surface area contributed by atoms with E-state index in [1.807, 2.05) is 18.2 Å². The van der Waals surface area contributed by atoms with E-state index in [-0.39, 0.29) is 11.9 Å². The van der Waals surface area contributed by atoms with Crippen molar-refractivity contribution in [2.45, 2.75) is 19.4 Å². The summed E-state index contributed by atoms with van der Waals surface area (Å²) in [6.45, 7) is 3.06. The topological polar surface area (TPSA) is 53.1 Å². The normalized spacial score (nSPS) is 12.7. The summed E-state index contributed by atoms with van der Waals surface area (Å²) in [4.78, 5) is 2.21. The molecule has 0 saturated heterocycles. The highest BCUT2D eigenvalue weighted by Gasteiger charge is 2.16. The Morgan fingerprint density at radius 2 is 2.00 bits per heavy atom. The summed E-state index contributed by atoms with van der Waals surface area (Å²) < 4.78 is 0. The molecule has 0 aliphatic rings. The number of nitrogens with one attached hydrogen (secondary N) is 1. The van der Waals surface area contributed by atoms with Gasteiger partial charge in [0.05, 0.1) is 5.84 Å². The third kappa shape index (κ3) is 3.36. The number of hydrogen-bond acceptors (Lipinski definition) is 2. The fourth-order valence-electron chi connectivity index (χ4n) is 1.63. The third-order valence-corrected chi connectivity index (χ3v) is 2.63. The largest absolute Gasteiger partial charge is 0.388 e. The van der Waals surface area contributed by atoms with Gasteiger partial charge in [-0.2, -0.15) is 0 Å². The van der Waals surface area contributed by atoms with Crippen molar-refractivity contribution in [2.24, 2.45) is 5.73 Å². The van der Waals surface area contributed by atoms with Gasteiger partial charge < -0.3 is 5.73 Å². The third-order valence-electron chi connectivity index (χ3n) is 2.63. The molecule has 0 saturated carbocycles. The zero-order valence-corrected chi connectivity index (χ0v) is 9.40. The van der Waals surface area contributed by atoms with Crippen LogP contribution < -0.4 is 5.73 Å². The molecule has 0 aliphatic carbocycles. The Hall–Kier alpha value is -1.35. The highest BCUT2D eigenvalue weighted by Crippen LogP contribution is 2.22. The van der Waals surface area contributed by atoms with Gasteiger partial charge in [-0.05, 0) is 19.2 Å². The first kappa shape index (κ1) is 11.7. The van der Waals surface area contributed by atoms with E-state index in [1.165, 1.54) is 5.56 Å². The van der Waals surface area contributed by atoms with Crippen LogP contribution in [0.3, 0.4) is 0 Å². The summed E-state index contributed by atoms with van der Waals surface area (Å²) in [5.74, 6) is 0.240. The molecule has 1 unspecified atom stereocenters. The van der Waals surface area contributed by atoms with Gasteiger partial charge in [0.15, 0.2) is 0 Å². The van der Waals surface area contributed by atoms with Crippen LogP contribution in [0.5, 0.6) is 0 Å². The lowest BCUT2D eigenvalue weighted by molar-refractivity contribution is 0.263. The van der Waals surface area contributed by atoms with Gasteiger partial charge in [-0.3, -0.25) is 10.3 Å². The van der Waals surface area contributed by atoms with Crippen molar-refractivity contribution in [3.63, 3.8) is 0 Å². The maximum Gasteiger partial charge on any atom is 0.0924 e. The number of nitrogens with zero attached hydrogens (tertiary/aromatic N) is 1. The van der Waals surface area contributed by atoms with E-state index in [0.717, 1.165) is 6.54 Å². The van der Waals surface area contributed by atoms with Crippen LogP contribution in [0.1, 0.15) is 24.9 Å². The molecule has 15 heavy (non-hydrogen) atoms. The molecular weight excluding hydrogens is 186 g/mol. The monoisotopic (exact) mass is 205 g/mol. The minimum atomic E-state index is 0.216. The van der Waals surface area contributed by atoms with E-state index in [4.69, 9.17) is 11.1 Å². The first-order valence-electron chi connectivity index (χ1n) is 5.23. The molecule has 1 atom stereocenters. The molecule has 1 aromatic rings. The lowest BCUT2D eigenvalue weighted by Gasteiger charge is -2.26. The Balaban J connectivity index is 2.86. The Bertz CT molecular complexity index is 308. The van der Waals surface area contributed by atoms with Crippen molar-refractivity contribution in [1.82, 2.24) is 4.90 Å². The maximum absolute atomic E-state index is 7.39. The standard InChI is InChI=1S/C12H19N3/c1-3-15(2)11(9-12(13)14)10-7-5-4-6-8-10/h4-8,11H,3,9H2,1-2H3,(H3,13,14). The minimum Gasteiger partial charge on any atom is -0.388 e. The molecule has 82 valence electrons. The van der Waals surface area contributed by atoms with Gasteiger partial charge in [0.1, 0.15) is 0 Å². The molecule has 0 heterocycles. The summed E-state index contributed by atoms with van der Waals surface area (Å²) in [5, 5.41) is 7.39. The number of hydrogen-bond donors (Lipinski definition) is 2. The molecule has 0 aliphatic heterocycles. The summed E-state index contributed by atoms with van der Waals surface area (Å²) in [5.41, 5.74) is 6.70. The lowest BCUT2D eigenvalue weighted by atomic mass is 10.0. The second kappa shape index (κ2) is 5.51. The summed E-state index contributed by atoms with van der Waals surface area (Å²) in [6.07, 6.45) is 0.592. The van der Waals surface area contributed by atoms with E-state index in [2.05, 4.69) is 31.0 Å². The van der Waals surface area contributed by atoms with Gasteiger partial charge >= 0.3 is 0 Å². The molecule has 0 aromatic heterocycles. The van der Waals surface area contributed by atoms with Crippen LogP contribution in [-0.2, 0) is 0 Å². The van der Waals surface area contributed by atoms with Crippen LogP contribution in [0.4, 0.5) is 0 Å². The molecule has 1 rings (SSSR count). The zero-order chi connectivity index (χ0) is 11.3. The molecule has 0 radical (unpaired) electrons. The highest BCUT2D eigenvalue weighted by atomic mass is 15.1. The van der Waals surface area contributed by atoms with Crippen molar-refractivity contribution in [3.05, 3.63) is 35.9 Å². The Morgan fingerprint density at radius 3 is 2.47 bits per heavy atom. The van der Waals surface area contributed by atoms with Gasteiger partial charge in [0.25, 0.3) is 0 Å².